The number of carbonyl (C=O) groups is 2. The molecule has 0 bridgehead atoms. The summed E-state index contributed by atoms with van der Waals surface area (Å²) < 4.78 is 0. The zero-order valence-corrected chi connectivity index (χ0v) is 12.1. The van der Waals surface area contributed by atoms with E-state index in [1.165, 1.54) is 5.01 Å². The van der Waals surface area contributed by atoms with E-state index in [0.717, 1.165) is 22.4 Å². The van der Waals surface area contributed by atoms with Crippen LogP contribution in [-0.4, -0.2) is 22.7 Å². The van der Waals surface area contributed by atoms with E-state index in [1.54, 1.807) is 6.92 Å². The van der Waals surface area contributed by atoms with Gasteiger partial charge in [0.15, 0.2) is 0 Å². The topological polar surface area (TPSA) is 70.0 Å². The van der Waals surface area contributed by atoms with Gasteiger partial charge in [0.25, 0.3) is 5.91 Å². The van der Waals surface area contributed by atoms with Gasteiger partial charge in [-0.15, -0.1) is 0 Å². The Hall–Kier alpha value is -2.17. The number of amides is 1. The fourth-order valence-corrected chi connectivity index (χ4v) is 2.68. The number of aryl methyl sites for hydroxylation is 3. The number of rotatable bonds is 3. The number of benzene rings is 1. The second-order valence-corrected chi connectivity index (χ2v) is 5.29. The minimum absolute atomic E-state index is 0.214. The summed E-state index contributed by atoms with van der Waals surface area (Å²) in [6.45, 7) is 7.55. The van der Waals surface area contributed by atoms with Gasteiger partial charge < -0.3 is 5.11 Å². The fourth-order valence-electron chi connectivity index (χ4n) is 2.68. The molecule has 0 saturated heterocycles. The third-order valence-electron chi connectivity index (χ3n) is 3.49. The number of carbonyl (C=O) groups excluding carboxylic acids is 1. The molecule has 5 nitrogen and oxygen atoms in total. The van der Waals surface area contributed by atoms with Crippen LogP contribution in [0.1, 0.15) is 30.0 Å². The molecule has 0 aliphatic carbocycles. The Morgan fingerprint density at radius 3 is 2.30 bits per heavy atom. The van der Waals surface area contributed by atoms with E-state index in [1.807, 2.05) is 32.9 Å². The summed E-state index contributed by atoms with van der Waals surface area (Å²) >= 11 is 0. The van der Waals surface area contributed by atoms with Crippen LogP contribution in [0.2, 0.25) is 0 Å². The zero-order valence-electron chi connectivity index (χ0n) is 12.1. The standard InChI is InChI=1S/C15H18N2O3/c1-8-5-9(2)14(10(3)6-8)17-15(20)12(7-13(18)19)11(4)16-17/h5-6,12H,7H2,1-4H3,(H,18,19). The number of hydrogen-bond donors (Lipinski definition) is 1. The molecule has 1 aliphatic rings. The first-order chi connectivity index (χ1) is 9.31. The number of carboxylic acid groups (broad SMARTS) is 1. The first-order valence-electron chi connectivity index (χ1n) is 6.50. The monoisotopic (exact) mass is 274 g/mol. The van der Waals surface area contributed by atoms with Crippen LogP contribution >= 0.6 is 0 Å². The highest BCUT2D eigenvalue weighted by atomic mass is 16.4. The number of nitrogens with zero attached hydrogens (tertiary/aromatic N) is 2. The molecule has 20 heavy (non-hydrogen) atoms. The molecule has 1 heterocycles. The van der Waals surface area contributed by atoms with Crippen molar-refractivity contribution < 1.29 is 14.7 Å². The lowest BCUT2D eigenvalue weighted by molar-refractivity contribution is -0.139. The molecular formula is C15H18N2O3. The fraction of sp³-hybridized carbons (Fsp3) is 0.400. The van der Waals surface area contributed by atoms with E-state index < -0.39 is 11.9 Å². The lowest BCUT2D eigenvalue weighted by atomic mass is 9.99. The van der Waals surface area contributed by atoms with Crippen LogP contribution in [0.5, 0.6) is 0 Å². The van der Waals surface area contributed by atoms with Crippen molar-refractivity contribution in [3.8, 4) is 0 Å². The van der Waals surface area contributed by atoms with Crippen molar-refractivity contribution >= 4 is 23.3 Å². The quantitative estimate of drug-likeness (QED) is 0.920. The molecule has 2 rings (SSSR count). The van der Waals surface area contributed by atoms with Crippen LogP contribution in [-0.2, 0) is 9.59 Å². The van der Waals surface area contributed by atoms with E-state index in [9.17, 15) is 9.59 Å². The summed E-state index contributed by atoms with van der Waals surface area (Å²) in [4.78, 5) is 23.2. The van der Waals surface area contributed by atoms with E-state index in [-0.39, 0.29) is 12.3 Å². The molecule has 1 aromatic rings. The Kier molecular flexibility index (Phi) is 3.61. The van der Waals surface area contributed by atoms with Gasteiger partial charge in [-0.3, -0.25) is 9.59 Å². The molecule has 0 saturated carbocycles. The van der Waals surface area contributed by atoms with Gasteiger partial charge in [-0.2, -0.15) is 10.1 Å². The van der Waals surface area contributed by atoms with E-state index >= 15 is 0 Å². The summed E-state index contributed by atoms with van der Waals surface area (Å²) in [6.07, 6.45) is -0.214. The Bertz CT molecular complexity index is 597. The third kappa shape index (κ3) is 2.43. The van der Waals surface area contributed by atoms with Crippen molar-refractivity contribution in [1.29, 1.82) is 0 Å². The zero-order chi connectivity index (χ0) is 15.0. The van der Waals surface area contributed by atoms with Crippen molar-refractivity contribution in [2.24, 2.45) is 11.0 Å². The molecule has 0 radical (unpaired) electrons. The second kappa shape index (κ2) is 5.07. The Morgan fingerprint density at radius 2 is 1.80 bits per heavy atom. The van der Waals surface area contributed by atoms with E-state index in [4.69, 9.17) is 5.11 Å². The molecule has 1 aliphatic heterocycles. The summed E-state index contributed by atoms with van der Waals surface area (Å²) in [5, 5.41) is 14.5. The summed E-state index contributed by atoms with van der Waals surface area (Å²) in [5.74, 6) is -1.91. The minimum atomic E-state index is -0.989. The maximum atomic E-state index is 12.4. The molecule has 1 N–H and O–H groups in total. The van der Waals surface area contributed by atoms with Crippen LogP contribution in [0.25, 0.3) is 0 Å². The Morgan fingerprint density at radius 1 is 1.25 bits per heavy atom. The van der Waals surface area contributed by atoms with Crippen LogP contribution in [0.15, 0.2) is 17.2 Å². The van der Waals surface area contributed by atoms with Gasteiger partial charge >= 0.3 is 5.97 Å². The average Bonchev–Trinajstić information content (AvgIpc) is 2.55. The van der Waals surface area contributed by atoms with Gasteiger partial charge in [0, 0.05) is 5.71 Å². The van der Waals surface area contributed by atoms with Gasteiger partial charge in [-0.05, 0) is 38.8 Å². The van der Waals surface area contributed by atoms with Crippen LogP contribution in [0.3, 0.4) is 0 Å². The lowest BCUT2D eigenvalue weighted by Crippen LogP contribution is -2.29. The summed E-state index contributed by atoms with van der Waals surface area (Å²) in [7, 11) is 0. The molecule has 1 atom stereocenters. The SMILES string of the molecule is CC1=NN(c2c(C)cc(C)cc2C)C(=O)C1CC(=O)O. The highest BCUT2D eigenvalue weighted by molar-refractivity contribution is 6.16. The van der Waals surface area contributed by atoms with Crippen molar-refractivity contribution in [2.75, 3.05) is 5.01 Å². The van der Waals surface area contributed by atoms with Gasteiger partial charge in [0.05, 0.1) is 18.0 Å². The van der Waals surface area contributed by atoms with Gasteiger partial charge in [0.2, 0.25) is 0 Å². The third-order valence-corrected chi connectivity index (χ3v) is 3.49. The minimum Gasteiger partial charge on any atom is -0.481 e. The number of anilines is 1. The molecule has 0 fully saturated rings. The average molecular weight is 274 g/mol. The summed E-state index contributed by atoms with van der Waals surface area (Å²) in [5.41, 5.74) is 4.36. The molecule has 106 valence electrons. The number of hydrogen-bond acceptors (Lipinski definition) is 3. The first-order valence-corrected chi connectivity index (χ1v) is 6.50. The molecule has 1 amide bonds. The predicted molar refractivity (Wildman–Crippen MR) is 77.0 cm³/mol. The van der Waals surface area contributed by atoms with Crippen molar-refractivity contribution in [3.05, 3.63) is 28.8 Å². The normalized spacial score (nSPS) is 18.4. The van der Waals surface area contributed by atoms with Crippen molar-refractivity contribution in [1.82, 2.24) is 0 Å². The lowest BCUT2D eigenvalue weighted by Gasteiger charge is -2.19. The number of carboxylic acids is 1. The van der Waals surface area contributed by atoms with Crippen LogP contribution in [0.4, 0.5) is 5.69 Å². The Balaban J connectivity index is 2.41. The van der Waals surface area contributed by atoms with Gasteiger partial charge in [-0.25, -0.2) is 0 Å². The summed E-state index contributed by atoms with van der Waals surface area (Å²) in [6, 6.07) is 3.98. The van der Waals surface area contributed by atoms with E-state index in [0.29, 0.717) is 5.71 Å². The number of hydrazone groups is 1. The molecular weight excluding hydrogens is 256 g/mol. The molecule has 1 unspecified atom stereocenters. The van der Waals surface area contributed by atoms with Crippen molar-refractivity contribution in [2.45, 2.75) is 34.1 Å². The molecule has 5 heteroatoms. The largest absolute Gasteiger partial charge is 0.481 e. The molecule has 0 spiro atoms. The molecule has 0 aromatic heterocycles. The predicted octanol–water partition coefficient (Wildman–Crippen LogP) is 2.43. The van der Waals surface area contributed by atoms with Crippen LogP contribution in [0, 0.1) is 26.7 Å². The highest BCUT2D eigenvalue weighted by Gasteiger charge is 2.36. The van der Waals surface area contributed by atoms with Crippen molar-refractivity contribution in [3.63, 3.8) is 0 Å². The van der Waals surface area contributed by atoms with E-state index in [2.05, 4.69) is 5.10 Å². The first kappa shape index (κ1) is 14.2. The highest BCUT2D eigenvalue weighted by Crippen LogP contribution is 2.31. The maximum absolute atomic E-state index is 12.4. The van der Waals surface area contributed by atoms with Crippen LogP contribution < -0.4 is 5.01 Å². The van der Waals surface area contributed by atoms with Gasteiger partial charge in [-0.1, -0.05) is 17.7 Å². The second-order valence-electron chi connectivity index (χ2n) is 5.29. The molecule has 1 aromatic carbocycles. The Labute approximate surface area is 117 Å². The smallest absolute Gasteiger partial charge is 0.304 e. The van der Waals surface area contributed by atoms with Gasteiger partial charge in [0.1, 0.15) is 0 Å². The maximum Gasteiger partial charge on any atom is 0.304 e. The number of aliphatic carboxylic acids is 1.